The van der Waals surface area contributed by atoms with Crippen LogP contribution in [0.25, 0.3) is 17.0 Å². The van der Waals surface area contributed by atoms with Crippen LogP contribution >= 0.6 is 15.9 Å². The molecular weight excluding hydrogens is 392 g/mol. The first-order valence-electron chi connectivity index (χ1n) is 8.18. The van der Waals surface area contributed by atoms with Gasteiger partial charge in [0.25, 0.3) is 0 Å². The largest absolute Gasteiger partial charge is 0.496 e. The minimum atomic E-state index is -0.0954. The summed E-state index contributed by atoms with van der Waals surface area (Å²) in [4.78, 5) is 18.6. The van der Waals surface area contributed by atoms with Gasteiger partial charge in [-0.05, 0) is 36.4 Å². The second-order valence-corrected chi connectivity index (χ2v) is 6.83. The summed E-state index contributed by atoms with van der Waals surface area (Å²) in [5.41, 5.74) is 2.61. The van der Waals surface area contributed by atoms with Crippen molar-refractivity contribution in [3.05, 3.63) is 76.4 Å². The number of hydrogen-bond acceptors (Lipinski definition) is 3. The van der Waals surface area contributed by atoms with Gasteiger partial charge in [-0.1, -0.05) is 40.2 Å². The van der Waals surface area contributed by atoms with E-state index in [2.05, 4.69) is 20.9 Å². The molecule has 0 aliphatic rings. The molecule has 0 atom stereocenters. The lowest BCUT2D eigenvalue weighted by Gasteiger charge is -2.17. The van der Waals surface area contributed by atoms with Gasteiger partial charge in [0.2, 0.25) is 5.91 Å². The summed E-state index contributed by atoms with van der Waals surface area (Å²) in [6.07, 6.45) is 3.28. The van der Waals surface area contributed by atoms with Gasteiger partial charge in [0.05, 0.1) is 18.3 Å². The van der Waals surface area contributed by atoms with Gasteiger partial charge in [-0.15, -0.1) is 0 Å². The Hall–Kier alpha value is -2.66. The Bertz CT molecular complexity index is 969. The molecule has 1 aromatic heterocycles. The lowest BCUT2D eigenvalue weighted by molar-refractivity contribution is -0.125. The van der Waals surface area contributed by atoms with Crippen molar-refractivity contribution in [3.8, 4) is 5.75 Å². The molecule has 2 aromatic carbocycles. The van der Waals surface area contributed by atoms with E-state index in [-0.39, 0.29) is 5.91 Å². The molecule has 132 valence electrons. The zero-order valence-corrected chi connectivity index (χ0v) is 16.2. The van der Waals surface area contributed by atoms with Gasteiger partial charge in [0.1, 0.15) is 5.75 Å². The second-order valence-electron chi connectivity index (χ2n) is 5.91. The summed E-state index contributed by atoms with van der Waals surface area (Å²) >= 11 is 3.45. The minimum absolute atomic E-state index is 0.0954. The fraction of sp³-hybridized carbons (Fsp3) is 0.143. The smallest absolute Gasteiger partial charge is 0.246 e. The number of hydrogen-bond donors (Lipinski definition) is 0. The third-order valence-electron chi connectivity index (χ3n) is 4.04. The van der Waals surface area contributed by atoms with E-state index in [1.54, 1.807) is 31.2 Å². The van der Waals surface area contributed by atoms with Crippen molar-refractivity contribution < 1.29 is 9.53 Å². The number of benzene rings is 2. The molecular formula is C21H19BrN2O2. The lowest BCUT2D eigenvalue weighted by Crippen LogP contribution is -2.24. The van der Waals surface area contributed by atoms with Crippen molar-refractivity contribution in [2.75, 3.05) is 14.2 Å². The molecule has 0 saturated carbocycles. The van der Waals surface area contributed by atoms with Gasteiger partial charge in [-0.25, -0.2) is 4.98 Å². The lowest BCUT2D eigenvalue weighted by atomic mass is 10.2. The van der Waals surface area contributed by atoms with Crippen molar-refractivity contribution in [2.24, 2.45) is 0 Å². The van der Waals surface area contributed by atoms with E-state index in [0.29, 0.717) is 6.54 Å². The molecule has 0 spiro atoms. The predicted octanol–water partition coefficient (Wildman–Crippen LogP) is 4.68. The molecule has 3 rings (SSSR count). The highest BCUT2D eigenvalue weighted by atomic mass is 79.9. The molecule has 0 unspecified atom stereocenters. The zero-order chi connectivity index (χ0) is 18.5. The van der Waals surface area contributed by atoms with Crippen LogP contribution in [-0.4, -0.2) is 29.9 Å². The van der Waals surface area contributed by atoms with E-state index >= 15 is 0 Å². The molecule has 1 amide bonds. The van der Waals surface area contributed by atoms with Gasteiger partial charge >= 0.3 is 0 Å². The van der Waals surface area contributed by atoms with Crippen molar-refractivity contribution in [2.45, 2.75) is 6.54 Å². The summed E-state index contributed by atoms with van der Waals surface area (Å²) < 4.78 is 6.31. The number of pyridine rings is 1. The van der Waals surface area contributed by atoms with Crippen molar-refractivity contribution in [3.63, 3.8) is 0 Å². The van der Waals surface area contributed by atoms with Crippen molar-refractivity contribution in [1.82, 2.24) is 9.88 Å². The number of rotatable bonds is 5. The highest BCUT2D eigenvalue weighted by molar-refractivity contribution is 9.10. The van der Waals surface area contributed by atoms with E-state index < -0.39 is 0 Å². The average Bonchev–Trinajstić information content (AvgIpc) is 2.66. The zero-order valence-electron chi connectivity index (χ0n) is 14.6. The number of halogens is 1. The molecule has 0 N–H and O–H groups in total. The minimum Gasteiger partial charge on any atom is -0.496 e. The Morgan fingerprint density at radius 3 is 2.81 bits per heavy atom. The van der Waals surface area contributed by atoms with Crippen molar-refractivity contribution >= 4 is 38.8 Å². The van der Waals surface area contributed by atoms with Crippen LogP contribution in [0.1, 0.15) is 11.3 Å². The number of carbonyl (C=O) groups is 1. The SMILES string of the molecule is COc1ccc(Br)cc1CN(C)C(=O)/C=C/c1ccc2ccccc2n1. The number of carbonyl (C=O) groups excluding carboxylic acids is 1. The van der Waals surface area contributed by atoms with Gasteiger partial charge in [-0.2, -0.15) is 0 Å². The molecule has 0 aliphatic heterocycles. The molecule has 3 aromatic rings. The summed E-state index contributed by atoms with van der Waals surface area (Å²) in [5, 5.41) is 1.08. The third-order valence-corrected chi connectivity index (χ3v) is 4.54. The van der Waals surface area contributed by atoms with E-state index in [1.807, 2.05) is 54.6 Å². The summed E-state index contributed by atoms with van der Waals surface area (Å²) in [5.74, 6) is 0.662. The number of nitrogens with zero attached hydrogens (tertiary/aromatic N) is 2. The van der Waals surface area contributed by atoms with E-state index in [9.17, 15) is 4.79 Å². The number of aromatic nitrogens is 1. The molecule has 0 bridgehead atoms. The van der Waals surface area contributed by atoms with Crippen LogP contribution in [0.5, 0.6) is 5.75 Å². The maximum atomic E-state index is 12.4. The number of amides is 1. The van der Waals surface area contributed by atoms with Crippen LogP contribution in [0.4, 0.5) is 0 Å². The molecule has 0 saturated heterocycles. The number of methoxy groups -OCH3 is 1. The number of likely N-dealkylation sites (N-methyl/N-ethyl adjacent to an activating group) is 1. The highest BCUT2D eigenvalue weighted by Gasteiger charge is 2.10. The summed E-state index contributed by atoms with van der Waals surface area (Å²) in [6, 6.07) is 17.6. The monoisotopic (exact) mass is 410 g/mol. The average molecular weight is 411 g/mol. The fourth-order valence-corrected chi connectivity index (χ4v) is 3.07. The van der Waals surface area contributed by atoms with Crippen molar-refractivity contribution in [1.29, 1.82) is 0 Å². The Labute approximate surface area is 161 Å². The molecule has 5 heteroatoms. The Morgan fingerprint density at radius 2 is 2.00 bits per heavy atom. The molecule has 1 heterocycles. The first kappa shape index (κ1) is 18.1. The van der Waals surface area contributed by atoms with E-state index in [0.717, 1.165) is 32.4 Å². The van der Waals surface area contributed by atoms with Crippen LogP contribution < -0.4 is 4.74 Å². The Morgan fingerprint density at radius 1 is 1.19 bits per heavy atom. The predicted molar refractivity (Wildman–Crippen MR) is 108 cm³/mol. The maximum absolute atomic E-state index is 12.4. The number of ether oxygens (including phenoxy) is 1. The van der Waals surface area contributed by atoms with Crippen LogP contribution in [0.15, 0.2) is 65.1 Å². The van der Waals surface area contributed by atoms with Crippen LogP contribution in [0, 0.1) is 0 Å². The summed E-state index contributed by atoms with van der Waals surface area (Å²) in [7, 11) is 3.39. The fourth-order valence-electron chi connectivity index (χ4n) is 2.66. The first-order chi connectivity index (χ1) is 12.6. The Balaban J connectivity index is 1.72. The maximum Gasteiger partial charge on any atom is 0.246 e. The second kappa shape index (κ2) is 8.15. The molecule has 0 aliphatic carbocycles. The van der Waals surface area contributed by atoms with Crippen LogP contribution in [-0.2, 0) is 11.3 Å². The van der Waals surface area contributed by atoms with Gasteiger partial charge in [-0.3, -0.25) is 4.79 Å². The summed E-state index contributed by atoms with van der Waals surface area (Å²) in [6.45, 7) is 0.455. The third kappa shape index (κ3) is 4.29. The number of fused-ring (bicyclic) bond motifs is 1. The normalized spacial score (nSPS) is 11.0. The first-order valence-corrected chi connectivity index (χ1v) is 8.97. The van der Waals surface area contributed by atoms with Crippen LogP contribution in [0.2, 0.25) is 0 Å². The van der Waals surface area contributed by atoms with Gasteiger partial charge < -0.3 is 9.64 Å². The van der Waals surface area contributed by atoms with Gasteiger partial charge in [0.15, 0.2) is 0 Å². The van der Waals surface area contributed by atoms with Gasteiger partial charge in [0, 0.05) is 35.1 Å². The quantitative estimate of drug-likeness (QED) is 0.573. The molecule has 0 fully saturated rings. The molecule has 4 nitrogen and oxygen atoms in total. The Kier molecular flexibility index (Phi) is 5.68. The number of para-hydroxylation sites is 1. The van der Waals surface area contributed by atoms with E-state index in [4.69, 9.17) is 4.74 Å². The van der Waals surface area contributed by atoms with Crippen LogP contribution in [0.3, 0.4) is 0 Å². The standard InChI is InChI=1S/C21H19BrN2O2/c1-24(14-16-13-17(22)8-11-20(16)26-2)21(25)12-10-18-9-7-15-5-3-4-6-19(15)23-18/h3-13H,14H2,1-2H3/b12-10+. The molecule has 0 radical (unpaired) electrons. The van der Waals surface area contributed by atoms with E-state index in [1.165, 1.54) is 0 Å². The topological polar surface area (TPSA) is 42.4 Å². The molecule has 26 heavy (non-hydrogen) atoms. The highest BCUT2D eigenvalue weighted by Crippen LogP contribution is 2.24.